The lowest BCUT2D eigenvalue weighted by molar-refractivity contribution is 0.869. The summed E-state index contributed by atoms with van der Waals surface area (Å²) in [5.41, 5.74) is 4.99. The molecule has 0 aliphatic heterocycles. The Morgan fingerprint density at radius 1 is 1.05 bits per heavy atom. The molecule has 2 aromatic carbocycles. The lowest BCUT2D eigenvalue weighted by Crippen LogP contribution is -2.00. The largest absolute Gasteiger partial charge is 0.354 e. The van der Waals surface area contributed by atoms with Crippen LogP contribution in [0.4, 0.5) is 11.4 Å². The summed E-state index contributed by atoms with van der Waals surface area (Å²) in [5, 5.41) is 12.6. The van der Waals surface area contributed by atoms with E-state index in [2.05, 4.69) is 37.4 Å². The third-order valence-electron chi connectivity index (χ3n) is 3.24. The number of hydrogen-bond donors (Lipinski definition) is 1. The van der Waals surface area contributed by atoms with E-state index in [1.807, 2.05) is 37.3 Å². The number of anilines is 2. The monoisotopic (exact) mass is 250 g/mol. The number of aryl methyl sites for hydroxylation is 1. The molecule has 96 valence electrons. The van der Waals surface area contributed by atoms with Gasteiger partial charge in [-0.1, -0.05) is 44.2 Å². The van der Waals surface area contributed by atoms with Crippen LogP contribution in [-0.4, -0.2) is 0 Å². The highest BCUT2D eigenvalue weighted by atomic mass is 14.9. The minimum Gasteiger partial charge on any atom is -0.354 e. The highest BCUT2D eigenvalue weighted by Gasteiger charge is 2.09. The Labute approximate surface area is 114 Å². The van der Waals surface area contributed by atoms with Gasteiger partial charge in [-0.05, 0) is 36.1 Å². The van der Waals surface area contributed by atoms with Gasteiger partial charge in [-0.15, -0.1) is 0 Å². The predicted octanol–water partition coefficient (Wildman–Crippen LogP) is 4.73. The number of nitriles is 1. The molecular weight excluding hydrogens is 232 g/mol. The second-order valence-corrected chi connectivity index (χ2v) is 4.98. The highest BCUT2D eigenvalue weighted by Crippen LogP contribution is 2.29. The molecule has 0 aliphatic rings. The van der Waals surface area contributed by atoms with Crippen LogP contribution in [0.3, 0.4) is 0 Å². The van der Waals surface area contributed by atoms with Gasteiger partial charge in [-0.3, -0.25) is 0 Å². The molecule has 0 atom stereocenters. The number of para-hydroxylation sites is 2. The molecule has 0 heterocycles. The van der Waals surface area contributed by atoms with E-state index in [0.717, 1.165) is 16.9 Å². The van der Waals surface area contributed by atoms with Gasteiger partial charge < -0.3 is 5.32 Å². The van der Waals surface area contributed by atoms with Crippen LogP contribution in [-0.2, 0) is 0 Å². The first-order valence-corrected chi connectivity index (χ1v) is 6.49. The Bertz CT molecular complexity index is 621. The molecule has 2 heteroatoms. The Morgan fingerprint density at radius 3 is 2.47 bits per heavy atom. The van der Waals surface area contributed by atoms with Crippen molar-refractivity contribution in [3.05, 3.63) is 59.2 Å². The average molecular weight is 250 g/mol. The summed E-state index contributed by atoms with van der Waals surface area (Å²) in [5.74, 6) is 0.443. The third kappa shape index (κ3) is 2.77. The van der Waals surface area contributed by atoms with E-state index >= 15 is 0 Å². The maximum absolute atomic E-state index is 9.21. The first-order chi connectivity index (χ1) is 9.13. The van der Waals surface area contributed by atoms with Crippen molar-refractivity contribution >= 4 is 11.4 Å². The molecule has 0 saturated carbocycles. The number of rotatable bonds is 3. The van der Waals surface area contributed by atoms with E-state index in [1.165, 1.54) is 5.56 Å². The van der Waals surface area contributed by atoms with Crippen molar-refractivity contribution in [2.24, 2.45) is 0 Å². The van der Waals surface area contributed by atoms with Crippen LogP contribution >= 0.6 is 0 Å². The minimum atomic E-state index is 0.443. The molecule has 0 unspecified atom stereocenters. The number of hydrogen-bond acceptors (Lipinski definition) is 2. The molecule has 0 spiro atoms. The summed E-state index contributed by atoms with van der Waals surface area (Å²) < 4.78 is 0. The maximum Gasteiger partial charge on any atom is 0.101 e. The second-order valence-electron chi connectivity index (χ2n) is 4.98. The van der Waals surface area contributed by atoms with E-state index < -0.39 is 0 Å². The van der Waals surface area contributed by atoms with E-state index in [1.54, 1.807) is 0 Å². The fourth-order valence-electron chi connectivity index (χ4n) is 2.18. The summed E-state index contributed by atoms with van der Waals surface area (Å²) in [6.07, 6.45) is 0. The minimum absolute atomic E-state index is 0.443. The molecule has 1 N–H and O–H groups in total. The Kier molecular flexibility index (Phi) is 3.87. The standard InChI is InChI=1S/C17H18N2/c1-12(2)15-9-4-5-10-16(15)19-17-13(3)7-6-8-14(17)11-18/h4-10,12,19H,1-3H3. The molecule has 0 bridgehead atoms. The van der Waals surface area contributed by atoms with Crippen LogP contribution in [0.5, 0.6) is 0 Å². The van der Waals surface area contributed by atoms with Gasteiger partial charge in [-0.25, -0.2) is 0 Å². The normalized spacial score (nSPS) is 10.3. The first kappa shape index (κ1) is 13.2. The molecule has 0 saturated heterocycles. The van der Waals surface area contributed by atoms with Gasteiger partial charge >= 0.3 is 0 Å². The number of nitrogens with one attached hydrogen (secondary N) is 1. The Hall–Kier alpha value is -2.27. The van der Waals surface area contributed by atoms with Crippen LogP contribution in [0.25, 0.3) is 0 Å². The van der Waals surface area contributed by atoms with Gasteiger partial charge in [-0.2, -0.15) is 5.26 Å². The lowest BCUT2D eigenvalue weighted by atomic mass is 10.0. The summed E-state index contributed by atoms with van der Waals surface area (Å²) in [6.45, 7) is 6.36. The van der Waals surface area contributed by atoms with E-state index in [9.17, 15) is 5.26 Å². The average Bonchev–Trinajstić information content (AvgIpc) is 2.41. The van der Waals surface area contributed by atoms with Crippen molar-refractivity contribution < 1.29 is 0 Å². The Morgan fingerprint density at radius 2 is 1.79 bits per heavy atom. The quantitative estimate of drug-likeness (QED) is 0.854. The summed E-state index contributed by atoms with van der Waals surface area (Å²) in [4.78, 5) is 0. The van der Waals surface area contributed by atoms with E-state index in [4.69, 9.17) is 0 Å². The molecule has 0 aliphatic carbocycles. The highest BCUT2D eigenvalue weighted by molar-refractivity contribution is 5.71. The van der Waals surface area contributed by atoms with Crippen LogP contribution in [0.15, 0.2) is 42.5 Å². The predicted molar refractivity (Wildman–Crippen MR) is 79.7 cm³/mol. The fraction of sp³-hybridized carbons (Fsp3) is 0.235. The van der Waals surface area contributed by atoms with Crippen LogP contribution in [0.2, 0.25) is 0 Å². The Balaban J connectivity index is 2.46. The van der Waals surface area contributed by atoms with Crippen molar-refractivity contribution in [3.8, 4) is 6.07 Å². The number of nitrogens with zero attached hydrogens (tertiary/aromatic N) is 1. The van der Waals surface area contributed by atoms with Crippen LogP contribution < -0.4 is 5.32 Å². The first-order valence-electron chi connectivity index (χ1n) is 6.49. The zero-order valence-corrected chi connectivity index (χ0v) is 11.6. The number of benzene rings is 2. The van der Waals surface area contributed by atoms with Gasteiger partial charge in [0, 0.05) is 5.69 Å². The molecule has 0 amide bonds. The molecule has 0 radical (unpaired) electrons. The van der Waals surface area contributed by atoms with Crippen LogP contribution in [0.1, 0.15) is 36.5 Å². The van der Waals surface area contributed by atoms with E-state index in [-0.39, 0.29) is 0 Å². The molecule has 2 rings (SSSR count). The van der Waals surface area contributed by atoms with Crippen molar-refractivity contribution in [3.63, 3.8) is 0 Å². The molecule has 2 aromatic rings. The van der Waals surface area contributed by atoms with Gasteiger partial charge in [0.1, 0.15) is 6.07 Å². The zero-order valence-electron chi connectivity index (χ0n) is 11.6. The van der Waals surface area contributed by atoms with Crippen LogP contribution in [0, 0.1) is 18.3 Å². The summed E-state index contributed by atoms with van der Waals surface area (Å²) in [7, 11) is 0. The molecule has 2 nitrogen and oxygen atoms in total. The molecular formula is C17H18N2. The molecule has 19 heavy (non-hydrogen) atoms. The summed E-state index contributed by atoms with van der Waals surface area (Å²) >= 11 is 0. The smallest absolute Gasteiger partial charge is 0.101 e. The fourth-order valence-corrected chi connectivity index (χ4v) is 2.18. The second kappa shape index (κ2) is 5.58. The molecule has 0 aromatic heterocycles. The van der Waals surface area contributed by atoms with Gasteiger partial charge in [0.25, 0.3) is 0 Å². The molecule has 0 fully saturated rings. The van der Waals surface area contributed by atoms with Crippen molar-refractivity contribution in [2.45, 2.75) is 26.7 Å². The van der Waals surface area contributed by atoms with Crippen molar-refractivity contribution in [1.29, 1.82) is 5.26 Å². The van der Waals surface area contributed by atoms with Gasteiger partial charge in [0.05, 0.1) is 11.3 Å². The third-order valence-corrected chi connectivity index (χ3v) is 3.24. The van der Waals surface area contributed by atoms with Crippen molar-refractivity contribution in [2.75, 3.05) is 5.32 Å². The van der Waals surface area contributed by atoms with E-state index in [0.29, 0.717) is 11.5 Å². The zero-order chi connectivity index (χ0) is 13.8. The SMILES string of the molecule is Cc1cccc(C#N)c1Nc1ccccc1C(C)C. The van der Waals surface area contributed by atoms with Gasteiger partial charge in [0.2, 0.25) is 0 Å². The van der Waals surface area contributed by atoms with Crippen molar-refractivity contribution in [1.82, 2.24) is 0 Å². The lowest BCUT2D eigenvalue weighted by Gasteiger charge is -2.16. The topological polar surface area (TPSA) is 35.8 Å². The maximum atomic E-state index is 9.21. The summed E-state index contributed by atoms with van der Waals surface area (Å²) in [6, 6.07) is 16.2. The van der Waals surface area contributed by atoms with Gasteiger partial charge in [0.15, 0.2) is 0 Å².